The van der Waals surface area contributed by atoms with E-state index in [-0.39, 0.29) is 11.8 Å². The first-order valence-electron chi connectivity index (χ1n) is 7.17. The fourth-order valence-electron chi connectivity index (χ4n) is 2.12. The summed E-state index contributed by atoms with van der Waals surface area (Å²) in [7, 11) is 1.71. The van der Waals surface area contributed by atoms with Crippen molar-refractivity contribution in [3.8, 4) is 0 Å². The van der Waals surface area contributed by atoms with Crippen LogP contribution in [-0.4, -0.2) is 29.8 Å². The second-order valence-electron chi connectivity index (χ2n) is 4.77. The van der Waals surface area contributed by atoms with E-state index in [1.807, 2.05) is 0 Å². The summed E-state index contributed by atoms with van der Waals surface area (Å²) in [5.74, 6) is -0.279. The zero-order valence-electron chi connectivity index (χ0n) is 13.1. The van der Waals surface area contributed by atoms with Crippen LogP contribution in [0.3, 0.4) is 0 Å². The Hall–Kier alpha value is -2.84. The summed E-state index contributed by atoms with van der Waals surface area (Å²) in [6.07, 6.45) is -2.66. The van der Waals surface area contributed by atoms with E-state index < -0.39 is 11.7 Å². The molecule has 0 saturated carbocycles. The van der Waals surface area contributed by atoms with E-state index in [0.29, 0.717) is 23.5 Å². The van der Waals surface area contributed by atoms with Gasteiger partial charge < -0.3 is 21.4 Å². The Morgan fingerprint density at radius 3 is 2.54 bits per heavy atom. The van der Waals surface area contributed by atoms with E-state index in [2.05, 4.69) is 25.9 Å². The third-order valence-electron chi connectivity index (χ3n) is 3.20. The van der Waals surface area contributed by atoms with E-state index in [1.54, 1.807) is 32.2 Å². The van der Waals surface area contributed by atoms with Crippen molar-refractivity contribution in [3.63, 3.8) is 0 Å². The Bertz CT molecular complexity index is 730. The lowest BCUT2D eigenvalue weighted by atomic mass is 10.1. The van der Waals surface area contributed by atoms with Crippen LogP contribution < -0.4 is 16.0 Å². The van der Waals surface area contributed by atoms with Crippen LogP contribution in [0.1, 0.15) is 18.1 Å². The van der Waals surface area contributed by atoms with Crippen LogP contribution in [0.5, 0.6) is 0 Å². The van der Waals surface area contributed by atoms with Gasteiger partial charge in [0, 0.05) is 37.3 Å². The second kappa shape index (κ2) is 7.16. The molecule has 9 heteroatoms. The highest BCUT2D eigenvalue weighted by atomic mass is 19.4. The van der Waals surface area contributed by atoms with Crippen molar-refractivity contribution in [2.75, 3.05) is 29.5 Å². The summed E-state index contributed by atoms with van der Waals surface area (Å²) >= 11 is 0. The molecule has 0 spiro atoms. The normalized spacial score (nSPS) is 11.0. The molecule has 0 fully saturated rings. The number of anilines is 4. The molecule has 0 bridgehead atoms. The standard InChI is InChI=1S/C15H17F3N6/c1-3-21-13-10(15(16,17)18)8-22-14(24-13)23-12-6-4-5-11(20-2)9(12)7-19/h4-8,19-20H,3H2,1-2H3,(H2,21,22,23,24). The van der Waals surface area contributed by atoms with Gasteiger partial charge in [-0.3, -0.25) is 0 Å². The van der Waals surface area contributed by atoms with Crippen molar-refractivity contribution in [1.29, 1.82) is 5.41 Å². The predicted molar refractivity (Wildman–Crippen MR) is 88.4 cm³/mol. The maximum Gasteiger partial charge on any atom is 0.421 e. The number of nitrogens with one attached hydrogen (secondary N) is 4. The maximum absolute atomic E-state index is 13.0. The highest BCUT2D eigenvalue weighted by molar-refractivity contribution is 5.94. The number of halogens is 3. The first-order valence-corrected chi connectivity index (χ1v) is 7.17. The monoisotopic (exact) mass is 338 g/mol. The molecule has 0 radical (unpaired) electrons. The molecule has 24 heavy (non-hydrogen) atoms. The van der Waals surface area contributed by atoms with Gasteiger partial charge in [-0.15, -0.1) is 0 Å². The summed E-state index contributed by atoms with van der Waals surface area (Å²) in [6, 6.07) is 5.22. The molecule has 0 saturated heterocycles. The first-order chi connectivity index (χ1) is 11.4. The Labute approximate surface area is 137 Å². The summed E-state index contributed by atoms with van der Waals surface area (Å²) in [4.78, 5) is 7.64. The van der Waals surface area contributed by atoms with E-state index in [0.717, 1.165) is 12.4 Å². The van der Waals surface area contributed by atoms with E-state index in [4.69, 9.17) is 5.41 Å². The van der Waals surface area contributed by atoms with Crippen molar-refractivity contribution < 1.29 is 13.2 Å². The van der Waals surface area contributed by atoms with Crippen molar-refractivity contribution in [1.82, 2.24) is 9.97 Å². The Kier molecular flexibility index (Phi) is 5.22. The second-order valence-corrected chi connectivity index (χ2v) is 4.77. The van der Waals surface area contributed by atoms with Gasteiger partial charge in [0.05, 0.1) is 5.69 Å². The zero-order chi connectivity index (χ0) is 17.7. The zero-order valence-corrected chi connectivity index (χ0v) is 13.1. The van der Waals surface area contributed by atoms with Crippen LogP contribution in [0.15, 0.2) is 24.4 Å². The number of hydrogen-bond donors (Lipinski definition) is 4. The fraction of sp³-hybridized carbons (Fsp3) is 0.267. The minimum absolute atomic E-state index is 0.00954. The molecule has 2 rings (SSSR count). The lowest BCUT2D eigenvalue weighted by Gasteiger charge is -2.15. The number of aromatic nitrogens is 2. The van der Waals surface area contributed by atoms with Gasteiger partial charge in [0.15, 0.2) is 0 Å². The molecular weight excluding hydrogens is 321 g/mol. The molecule has 6 nitrogen and oxygen atoms in total. The summed E-state index contributed by atoms with van der Waals surface area (Å²) < 4.78 is 38.9. The molecule has 2 aromatic rings. The Morgan fingerprint density at radius 2 is 1.96 bits per heavy atom. The van der Waals surface area contributed by atoms with E-state index in [1.165, 1.54) is 0 Å². The Morgan fingerprint density at radius 1 is 1.25 bits per heavy atom. The molecule has 128 valence electrons. The average molecular weight is 338 g/mol. The van der Waals surface area contributed by atoms with Crippen LogP contribution in [-0.2, 0) is 6.18 Å². The minimum atomic E-state index is -4.54. The molecular formula is C15H17F3N6. The molecule has 0 aliphatic rings. The fourth-order valence-corrected chi connectivity index (χ4v) is 2.12. The number of rotatable bonds is 6. The Balaban J connectivity index is 2.41. The summed E-state index contributed by atoms with van der Waals surface area (Å²) in [5.41, 5.74) is 0.840. The molecule has 4 N–H and O–H groups in total. The van der Waals surface area contributed by atoms with Crippen LogP contribution in [0.2, 0.25) is 0 Å². The quantitative estimate of drug-likeness (QED) is 0.603. The molecule has 0 atom stereocenters. The molecule has 0 amide bonds. The highest BCUT2D eigenvalue weighted by Crippen LogP contribution is 2.34. The number of alkyl halides is 3. The molecule has 1 aromatic carbocycles. The van der Waals surface area contributed by atoms with Gasteiger partial charge in [-0.05, 0) is 19.1 Å². The summed E-state index contributed by atoms with van der Waals surface area (Å²) in [6.45, 7) is 1.97. The van der Waals surface area contributed by atoms with E-state index >= 15 is 0 Å². The molecule has 0 aliphatic heterocycles. The van der Waals surface area contributed by atoms with Gasteiger partial charge in [-0.2, -0.15) is 18.2 Å². The lowest BCUT2D eigenvalue weighted by molar-refractivity contribution is -0.137. The summed E-state index contributed by atoms with van der Waals surface area (Å²) in [5, 5.41) is 15.9. The minimum Gasteiger partial charge on any atom is -0.388 e. The van der Waals surface area contributed by atoms with Gasteiger partial charge in [0.25, 0.3) is 0 Å². The van der Waals surface area contributed by atoms with Gasteiger partial charge in [-0.1, -0.05) is 6.07 Å². The molecule has 1 heterocycles. The average Bonchev–Trinajstić information content (AvgIpc) is 2.54. The maximum atomic E-state index is 13.0. The first kappa shape index (κ1) is 17.5. The molecule has 0 aliphatic carbocycles. The van der Waals surface area contributed by atoms with Crippen LogP contribution in [0.4, 0.5) is 36.3 Å². The van der Waals surface area contributed by atoms with Crippen LogP contribution >= 0.6 is 0 Å². The van der Waals surface area contributed by atoms with Crippen LogP contribution in [0, 0.1) is 5.41 Å². The third kappa shape index (κ3) is 3.73. The molecule has 0 unspecified atom stereocenters. The van der Waals surface area contributed by atoms with Crippen molar-refractivity contribution in [2.45, 2.75) is 13.1 Å². The lowest BCUT2D eigenvalue weighted by Crippen LogP contribution is -2.14. The van der Waals surface area contributed by atoms with Crippen molar-refractivity contribution in [3.05, 3.63) is 35.5 Å². The molecule has 1 aromatic heterocycles. The van der Waals surface area contributed by atoms with Crippen molar-refractivity contribution in [2.24, 2.45) is 0 Å². The smallest absolute Gasteiger partial charge is 0.388 e. The number of hydrogen-bond acceptors (Lipinski definition) is 6. The van der Waals surface area contributed by atoms with Gasteiger partial charge in [0.1, 0.15) is 11.4 Å². The van der Waals surface area contributed by atoms with Crippen molar-refractivity contribution >= 4 is 29.4 Å². The largest absolute Gasteiger partial charge is 0.421 e. The van der Waals surface area contributed by atoms with Gasteiger partial charge in [0.2, 0.25) is 5.95 Å². The van der Waals surface area contributed by atoms with Gasteiger partial charge >= 0.3 is 6.18 Å². The van der Waals surface area contributed by atoms with E-state index in [9.17, 15) is 13.2 Å². The predicted octanol–water partition coefficient (Wildman–Crippen LogP) is 3.71. The number of nitrogens with zero attached hydrogens (tertiary/aromatic N) is 2. The van der Waals surface area contributed by atoms with Crippen LogP contribution in [0.25, 0.3) is 0 Å². The SMILES string of the molecule is CCNc1nc(Nc2cccc(NC)c2C=N)ncc1C(F)(F)F. The topological polar surface area (TPSA) is 85.7 Å². The van der Waals surface area contributed by atoms with Gasteiger partial charge in [-0.25, -0.2) is 4.98 Å². The third-order valence-corrected chi connectivity index (χ3v) is 3.20. The highest BCUT2D eigenvalue weighted by Gasteiger charge is 2.35. The number of benzene rings is 1.